The van der Waals surface area contributed by atoms with E-state index in [0.29, 0.717) is 0 Å². The molecule has 0 saturated carbocycles. The maximum absolute atomic E-state index is 5.89. The Bertz CT molecular complexity index is 656. The summed E-state index contributed by atoms with van der Waals surface area (Å²) >= 11 is 0. The standard InChI is InChI=1S/C18H19NO/c1-13-12-18(2,3)19-17-11-15(9-10-16(13)17)20-14-7-5-4-6-8-14/h4-12,19H,1-3H3. The Morgan fingerprint density at radius 2 is 1.70 bits per heavy atom. The van der Waals surface area contributed by atoms with Gasteiger partial charge in [0.25, 0.3) is 0 Å². The van der Waals surface area contributed by atoms with Gasteiger partial charge in [0.05, 0.1) is 5.54 Å². The van der Waals surface area contributed by atoms with E-state index in [1.54, 1.807) is 0 Å². The quantitative estimate of drug-likeness (QED) is 0.817. The summed E-state index contributed by atoms with van der Waals surface area (Å²) in [5, 5.41) is 3.54. The minimum Gasteiger partial charge on any atom is -0.457 e. The predicted molar refractivity (Wildman–Crippen MR) is 84.3 cm³/mol. The number of benzene rings is 2. The summed E-state index contributed by atoms with van der Waals surface area (Å²) in [4.78, 5) is 0. The van der Waals surface area contributed by atoms with Crippen LogP contribution in [0.5, 0.6) is 11.5 Å². The zero-order valence-corrected chi connectivity index (χ0v) is 12.1. The lowest BCUT2D eigenvalue weighted by molar-refractivity contribution is 0.482. The molecule has 0 saturated heterocycles. The number of allylic oxidation sites excluding steroid dienone is 1. The molecule has 0 spiro atoms. The molecule has 102 valence electrons. The molecule has 0 aromatic heterocycles. The number of rotatable bonds is 2. The Hall–Kier alpha value is -2.22. The number of nitrogens with one attached hydrogen (secondary N) is 1. The molecule has 0 bridgehead atoms. The number of fused-ring (bicyclic) bond motifs is 1. The summed E-state index contributed by atoms with van der Waals surface area (Å²) in [6.07, 6.45) is 2.26. The lowest BCUT2D eigenvalue weighted by Gasteiger charge is -2.31. The SMILES string of the molecule is CC1=CC(C)(C)Nc2cc(Oc3ccccc3)ccc21. The van der Waals surface area contributed by atoms with E-state index in [-0.39, 0.29) is 5.54 Å². The van der Waals surface area contributed by atoms with Crippen molar-refractivity contribution in [3.05, 3.63) is 60.2 Å². The molecule has 2 heteroatoms. The average Bonchev–Trinajstić information content (AvgIpc) is 2.38. The van der Waals surface area contributed by atoms with Crippen molar-refractivity contribution in [2.45, 2.75) is 26.3 Å². The normalized spacial score (nSPS) is 15.8. The molecule has 2 nitrogen and oxygen atoms in total. The molecule has 0 aliphatic carbocycles. The van der Waals surface area contributed by atoms with Crippen LogP contribution >= 0.6 is 0 Å². The molecular formula is C18H19NO. The minimum absolute atomic E-state index is 0.0253. The van der Waals surface area contributed by atoms with Crippen molar-refractivity contribution in [1.82, 2.24) is 0 Å². The number of ether oxygens (including phenoxy) is 1. The molecule has 0 fully saturated rings. The van der Waals surface area contributed by atoms with E-state index < -0.39 is 0 Å². The third-order valence-electron chi connectivity index (χ3n) is 3.43. The van der Waals surface area contributed by atoms with Gasteiger partial charge in [0.1, 0.15) is 11.5 Å². The van der Waals surface area contributed by atoms with Gasteiger partial charge in [-0.05, 0) is 50.6 Å². The highest BCUT2D eigenvalue weighted by Gasteiger charge is 2.22. The van der Waals surface area contributed by atoms with Crippen LogP contribution in [-0.2, 0) is 0 Å². The van der Waals surface area contributed by atoms with E-state index in [0.717, 1.165) is 17.2 Å². The van der Waals surface area contributed by atoms with Crippen LogP contribution in [0.15, 0.2) is 54.6 Å². The second-order valence-corrected chi connectivity index (χ2v) is 5.80. The molecule has 1 N–H and O–H groups in total. The van der Waals surface area contributed by atoms with Crippen molar-refractivity contribution in [3.8, 4) is 11.5 Å². The third-order valence-corrected chi connectivity index (χ3v) is 3.43. The van der Waals surface area contributed by atoms with Gasteiger partial charge < -0.3 is 10.1 Å². The summed E-state index contributed by atoms with van der Waals surface area (Å²) in [7, 11) is 0. The largest absolute Gasteiger partial charge is 0.457 e. The Kier molecular flexibility index (Phi) is 3.01. The van der Waals surface area contributed by atoms with Crippen molar-refractivity contribution in [2.75, 3.05) is 5.32 Å². The van der Waals surface area contributed by atoms with Crippen LogP contribution in [0, 0.1) is 0 Å². The first kappa shape index (κ1) is 12.8. The number of hydrogen-bond acceptors (Lipinski definition) is 2. The fourth-order valence-electron chi connectivity index (χ4n) is 2.66. The molecule has 2 aromatic carbocycles. The second-order valence-electron chi connectivity index (χ2n) is 5.80. The molecule has 1 aliphatic heterocycles. The Balaban J connectivity index is 1.93. The van der Waals surface area contributed by atoms with E-state index in [1.807, 2.05) is 36.4 Å². The monoisotopic (exact) mass is 265 g/mol. The van der Waals surface area contributed by atoms with Crippen molar-refractivity contribution in [1.29, 1.82) is 0 Å². The zero-order valence-electron chi connectivity index (χ0n) is 12.1. The summed E-state index contributed by atoms with van der Waals surface area (Å²) in [5.41, 5.74) is 3.64. The Morgan fingerprint density at radius 3 is 2.45 bits per heavy atom. The van der Waals surface area contributed by atoms with Gasteiger partial charge in [-0.25, -0.2) is 0 Å². The van der Waals surface area contributed by atoms with Gasteiger partial charge >= 0.3 is 0 Å². The van der Waals surface area contributed by atoms with Crippen LogP contribution in [0.4, 0.5) is 5.69 Å². The van der Waals surface area contributed by atoms with Crippen LogP contribution in [-0.4, -0.2) is 5.54 Å². The zero-order chi connectivity index (χ0) is 14.2. The smallest absolute Gasteiger partial charge is 0.129 e. The lowest BCUT2D eigenvalue weighted by atomic mass is 9.91. The highest BCUT2D eigenvalue weighted by Crippen LogP contribution is 2.36. The average molecular weight is 265 g/mol. The van der Waals surface area contributed by atoms with E-state index in [9.17, 15) is 0 Å². The third kappa shape index (κ3) is 2.55. The number of hydrogen-bond donors (Lipinski definition) is 1. The summed E-state index contributed by atoms with van der Waals surface area (Å²) in [5.74, 6) is 1.71. The highest BCUT2D eigenvalue weighted by molar-refractivity contribution is 5.80. The van der Waals surface area contributed by atoms with Crippen molar-refractivity contribution >= 4 is 11.3 Å². The van der Waals surface area contributed by atoms with E-state index >= 15 is 0 Å². The minimum atomic E-state index is -0.0253. The number of para-hydroxylation sites is 1. The fourth-order valence-corrected chi connectivity index (χ4v) is 2.66. The first-order valence-electron chi connectivity index (χ1n) is 6.88. The first-order valence-corrected chi connectivity index (χ1v) is 6.88. The second kappa shape index (κ2) is 4.71. The van der Waals surface area contributed by atoms with Crippen LogP contribution in [0.2, 0.25) is 0 Å². The van der Waals surface area contributed by atoms with Crippen LogP contribution in [0.25, 0.3) is 5.57 Å². The van der Waals surface area contributed by atoms with E-state index in [1.165, 1.54) is 11.1 Å². The van der Waals surface area contributed by atoms with Crippen LogP contribution in [0.1, 0.15) is 26.3 Å². The molecule has 1 heterocycles. The highest BCUT2D eigenvalue weighted by atomic mass is 16.5. The van der Waals surface area contributed by atoms with Crippen LogP contribution < -0.4 is 10.1 Å². The summed E-state index contributed by atoms with van der Waals surface area (Å²) in [6, 6.07) is 16.1. The molecule has 0 radical (unpaired) electrons. The Morgan fingerprint density at radius 1 is 0.950 bits per heavy atom. The molecule has 0 amide bonds. The van der Waals surface area contributed by atoms with Crippen molar-refractivity contribution < 1.29 is 4.74 Å². The molecule has 3 rings (SSSR count). The van der Waals surface area contributed by atoms with Gasteiger partial charge in [-0.15, -0.1) is 0 Å². The Labute approximate surface area is 120 Å². The van der Waals surface area contributed by atoms with Gasteiger partial charge in [-0.1, -0.05) is 24.3 Å². The van der Waals surface area contributed by atoms with E-state index in [2.05, 4.69) is 44.3 Å². The topological polar surface area (TPSA) is 21.3 Å². The molecule has 20 heavy (non-hydrogen) atoms. The van der Waals surface area contributed by atoms with Gasteiger partial charge in [0, 0.05) is 17.3 Å². The van der Waals surface area contributed by atoms with Crippen molar-refractivity contribution in [2.24, 2.45) is 0 Å². The van der Waals surface area contributed by atoms with Crippen molar-refractivity contribution in [3.63, 3.8) is 0 Å². The van der Waals surface area contributed by atoms with Gasteiger partial charge in [-0.2, -0.15) is 0 Å². The number of anilines is 1. The van der Waals surface area contributed by atoms with E-state index in [4.69, 9.17) is 4.74 Å². The summed E-state index contributed by atoms with van der Waals surface area (Å²) < 4.78 is 5.89. The molecule has 0 unspecified atom stereocenters. The molecule has 0 atom stereocenters. The van der Waals surface area contributed by atoms with Gasteiger partial charge in [-0.3, -0.25) is 0 Å². The summed E-state index contributed by atoms with van der Waals surface area (Å²) in [6.45, 7) is 6.49. The lowest BCUT2D eigenvalue weighted by Crippen LogP contribution is -2.31. The fraction of sp³-hybridized carbons (Fsp3) is 0.222. The van der Waals surface area contributed by atoms with Gasteiger partial charge in [0.15, 0.2) is 0 Å². The van der Waals surface area contributed by atoms with Crippen LogP contribution in [0.3, 0.4) is 0 Å². The van der Waals surface area contributed by atoms with Gasteiger partial charge in [0.2, 0.25) is 0 Å². The molecule has 2 aromatic rings. The molecule has 1 aliphatic rings. The molecular weight excluding hydrogens is 246 g/mol. The maximum atomic E-state index is 5.89. The predicted octanol–water partition coefficient (Wildman–Crippen LogP) is 5.09. The first-order chi connectivity index (χ1) is 9.53. The maximum Gasteiger partial charge on any atom is 0.129 e.